The molecule has 16 heavy (non-hydrogen) atoms. The van der Waals surface area contributed by atoms with E-state index in [0.717, 1.165) is 11.4 Å². The van der Waals surface area contributed by atoms with Crippen LogP contribution in [0.5, 0.6) is 5.75 Å². The van der Waals surface area contributed by atoms with Gasteiger partial charge in [-0.2, -0.15) is 0 Å². The van der Waals surface area contributed by atoms with Gasteiger partial charge in [-0.25, -0.2) is 0 Å². The average Bonchev–Trinajstić information content (AvgIpc) is 2.27. The number of methoxy groups -OCH3 is 1. The number of hydrogen-bond donors (Lipinski definition) is 2. The van der Waals surface area contributed by atoms with Gasteiger partial charge in [0.15, 0.2) is 0 Å². The van der Waals surface area contributed by atoms with Gasteiger partial charge in [0.2, 0.25) is 0 Å². The fourth-order valence-corrected chi connectivity index (χ4v) is 1.19. The fourth-order valence-electron chi connectivity index (χ4n) is 1.19. The normalized spacial score (nSPS) is 14.6. The lowest BCUT2D eigenvalue weighted by atomic mass is 9.92. The molecule has 0 radical (unpaired) electrons. The second kappa shape index (κ2) is 5.21. The monoisotopic (exact) mass is 223 g/mol. The first kappa shape index (κ1) is 12.8. The lowest BCUT2D eigenvalue weighted by molar-refractivity contribution is 0.0266. The number of ether oxygens (including phenoxy) is 1. The van der Waals surface area contributed by atoms with E-state index in [1.165, 1.54) is 0 Å². The Bertz CT molecular complexity index is 317. The van der Waals surface area contributed by atoms with Crippen LogP contribution in [0.2, 0.25) is 0 Å². The van der Waals surface area contributed by atoms with E-state index in [2.05, 4.69) is 5.32 Å². The highest BCUT2D eigenvalue weighted by molar-refractivity contribution is 5.46. The maximum Gasteiger partial charge on any atom is 0.119 e. The average molecular weight is 223 g/mol. The molecular weight excluding hydrogens is 202 g/mol. The zero-order valence-corrected chi connectivity index (χ0v) is 10.4. The summed E-state index contributed by atoms with van der Waals surface area (Å²) in [5, 5.41) is 13.3. The van der Waals surface area contributed by atoms with E-state index in [0.29, 0.717) is 6.54 Å². The van der Waals surface area contributed by atoms with Crippen LogP contribution in [-0.4, -0.2) is 24.4 Å². The molecule has 0 fully saturated rings. The Hall–Kier alpha value is -1.22. The highest BCUT2D eigenvalue weighted by atomic mass is 16.5. The van der Waals surface area contributed by atoms with E-state index in [-0.39, 0.29) is 5.92 Å². The molecule has 0 saturated carbocycles. The molecule has 3 heteroatoms. The lowest BCUT2D eigenvalue weighted by Gasteiger charge is -2.28. The van der Waals surface area contributed by atoms with Crippen LogP contribution in [0.4, 0.5) is 5.69 Å². The third kappa shape index (κ3) is 3.42. The van der Waals surface area contributed by atoms with Crippen molar-refractivity contribution in [1.82, 2.24) is 0 Å². The Balaban J connectivity index is 2.54. The predicted octanol–water partition coefficient (Wildman–Crippen LogP) is 2.51. The van der Waals surface area contributed by atoms with Gasteiger partial charge >= 0.3 is 0 Å². The highest BCUT2D eigenvalue weighted by Crippen LogP contribution is 2.19. The summed E-state index contributed by atoms with van der Waals surface area (Å²) in [4.78, 5) is 0. The van der Waals surface area contributed by atoms with Crippen molar-refractivity contribution in [2.24, 2.45) is 5.92 Å². The zero-order chi connectivity index (χ0) is 12.2. The number of rotatable bonds is 5. The molecule has 0 saturated heterocycles. The van der Waals surface area contributed by atoms with Gasteiger partial charge < -0.3 is 15.2 Å². The largest absolute Gasteiger partial charge is 0.497 e. The number of anilines is 1. The van der Waals surface area contributed by atoms with Crippen LogP contribution in [0.15, 0.2) is 24.3 Å². The molecule has 1 aromatic carbocycles. The Labute approximate surface area is 97.4 Å². The summed E-state index contributed by atoms with van der Waals surface area (Å²) in [6.07, 6.45) is 0. The van der Waals surface area contributed by atoms with Crippen molar-refractivity contribution in [3.8, 4) is 5.75 Å². The summed E-state index contributed by atoms with van der Waals surface area (Å²) >= 11 is 0. The first-order valence-electron chi connectivity index (χ1n) is 5.56. The number of benzene rings is 1. The molecule has 0 spiro atoms. The van der Waals surface area contributed by atoms with Gasteiger partial charge in [0.25, 0.3) is 0 Å². The van der Waals surface area contributed by atoms with Crippen molar-refractivity contribution in [3.05, 3.63) is 24.3 Å². The topological polar surface area (TPSA) is 41.5 Å². The number of aliphatic hydroxyl groups is 1. The molecule has 90 valence electrons. The SMILES string of the molecule is COc1ccc(NCC(C)(O)C(C)C)cc1. The molecule has 1 rings (SSSR count). The molecular formula is C13H21NO2. The van der Waals surface area contributed by atoms with E-state index in [1.807, 2.05) is 45.0 Å². The van der Waals surface area contributed by atoms with Crippen molar-refractivity contribution in [2.45, 2.75) is 26.4 Å². The summed E-state index contributed by atoms with van der Waals surface area (Å²) in [6.45, 7) is 6.40. The Kier molecular flexibility index (Phi) is 4.19. The minimum atomic E-state index is -0.695. The third-order valence-corrected chi connectivity index (χ3v) is 2.98. The van der Waals surface area contributed by atoms with Crippen molar-refractivity contribution in [2.75, 3.05) is 19.0 Å². The second-order valence-corrected chi connectivity index (χ2v) is 4.59. The van der Waals surface area contributed by atoms with Crippen molar-refractivity contribution in [1.29, 1.82) is 0 Å². The first-order chi connectivity index (χ1) is 7.45. The maximum absolute atomic E-state index is 10.1. The molecule has 0 aromatic heterocycles. The van der Waals surface area contributed by atoms with E-state index < -0.39 is 5.60 Å². The van der Waals surface area contributed by atoms with Gasteiger partial charge in [-0.3, -0.25) is 0 Å². The molecule has 1 unspecified atom stereocenters. The molecule has 1 aromatic rings. The van der Waals surface area contributed by atoms with Gasteiger partial charge in [0.05, 0.1) is 12.7 Å². The molecule has 3 nitrogen and oxygen atoms in total. The molecule has 0 aliphatic heterocycles. The van der Waals surface area contributed by atoms with Crippen LogP contribution in [0.3, 0.4) is 0 Å². The van der Waals surface area contributed by atoms with Gasteiger partial charge in [-0.1, -0.05) is 13.8 Å². The lowest BCUT2D eigenvalue weighted by Crippen LogP contribution is -2.38. The maximum atomic E-state index is 10.1. The van der Waals surface area contributed by atoms with Crippen LogP contribution in [0.1, 0.15) is 20.8 Å². The van der Waals surface area contributed by atoms with Gasteiger partial charge in [-0.05, 0) is 37.1 Å². The minimum absolute atomic E-state index is 0.221. The van der Waals surface area contributed by atoms with E-state index in [4.69, 9.17) is 4.74 Å². The number of hydrogen-bond acceptors (Lipinski definition) is 3. The molecule has 0 amide bonds. The predicted molar refractivity (Wildman–Crippen MR) is 66.9 cm³/mol. The van der Waals surface area contributed by atoms with Crippen molar-refractivity contribution >= 4 is 5.69 Å². The van der Waals surface area contributed by atoms with E-state index >= 15 is 0 Å². The molecule has 0 aliphatic carbocycles. The second-order valence-electron chi connectivity index (χ2n) is 4.59. The van der Waals surface area contributed by atoms with Gasteiger partial charge in [0.1, 0.15) is 5.75 Å². The fraction of sp³-hybridized carbons (Fsp3) is 0.538. The standard InChI is InChI=1S/C13H21NO2/c1-10(2)13(3,15)9-14-11-5-7-12(16-4)8-6-11/h5-8,10,14-15H,9H2,1-4H3. The molecule has 0 bridgehead atoms. The quantitative estimate of drug-likeness (QED) is 0.806. The summed E-state index contributed by atoms with van der Waals surface area (Å²) in [7, 11) is 1.64. The summed E-state index contributed by atoms with van der Waals surface area (Å²) < 4.78 is 5.08. The zero-order valence-electron chi connectivity index (χ0n) is 10.4. The van der Waals surface area contributed by atoms with Crippen LogP contribution >= 0.6 is 0 Å². The molecule has 2 N–H and O–H groups in total. The smallest absolute Gasteiger partial charge is 0.119 e. The highest BCUT2D eigenvalue weighted by Gasteiger charge is 2.24. The van der Waals surface area contributed by atoms with Gasteiger partial charge in [0, 0.05) is 12.2 Å². The van der Waals surface area contributed by atoms with E-state index in [9.17, 15) is 5.11 Å². The molecule has 1 atom stereocenters. The van der Waals surface area contributed by atoms with E-state index in [1.54, 1.807) is 7.11 Å². The van der Waals surface area contributed by atoms with Crippen LogP contribution < -0.4 is 10.1 Å². The Morgan fingerprint density at radius 2 is 1.88 bits per heavy atom. The van der Waals surface area contributed by atoms with Crippen LogP contribution in [-0.2, 0) is 0 Å². The van der Waals surface area contributed by atoms with Crippen LogP contribution in [0, 0.1) is 5.92 Å². The number of nitrogens with one attached hydrogen (secondary N) is 1. The summed E-state index contributed by atoms with van der Waals surface area (Å²) in [6, 6.07) is 7.67. The Morgan fingerprint density at radius 3 is 2.31 bits per heavy atom. The molecule has 0 aliphatic rings. The van der Waals surface area contributed by atoms with Crippen LogP contribution in [0.25, 0.3) is 0 Å². The third-order valence-electron chi connectivity index (χ3n) is 2.98. The summed E-state index contributed by atoms with van der Waals surface area (Å²) in [5.41, 5.74) is 0.293. The Morgan fingerprint density at radius 1 is 1.31 bits per heavy atom. The van der Waals surface area contributed by atoms with Crippen molar-refractivity contribution < 1.29 is 9.84 Å². The molecule has 0 heterocycles. The minimum Gasteiger partial charge on any atom is -0.497 e. The summed E-state index contributed by atoms with van der Waals surface area (Å²) in [5.74, 6) is 1.06. The van der Waals surface area contributed by atoms with Gasteiger partial charge in [-0.15, -0.1) is 0 Å². The first-order valence-corrected chi connectivity index (χ1v) is 5.56. The van der Waals surface area contributed by atoms with Crippen molar-refractivity contribution in [3.63, 3.8) is 0 Å².